The molecule has 0 spiro atoms. The van der Waals surface area contributed by atoms with Crippen LogP contribution in [0.3, 0.4) is 0 Å². The van der Waals surface area contributed by atoms with Crippen molar-refractivity contribution >= 4 is 40.9 Å². The summed E-state index contributed by atoms with van der Waals surface area (Å²) in [4.78, 5) is 24.6. The average Bonchev–Trinajstić information content (AvgIpc) is 2.68. The van der Waals surface area contributed by atoms with Gasteiger partial charge in [-0.2, -0.15) is 5.26 Å². The monoisotopic (exact) mass is 425 g/mol. The van der Waals surface area contributed by atoms with Gasteiger partial charge in [-0.25, -0.2) is 0 Å². The molecule has 0 saturated heterocycles. The fourth-order valence-electron chi connectivity index (χ4n) is 3.19. The van der Waals surface area contributed by atoms with Gasteiger partial charge in [0.05, 0.1) is 22.4 Å². The third kappa shape index (κ3) is 5.20. The number of allylic oxidation sites excluding steroid dienone is 1. The minimum atomic E-state index is -0.351. The average molecular weight is 426 g/mol. The molecule has 2 aromatic rings. The van der Waals surface area contributed by atoms with Crippen LogP contribution in [0.1, 0.15) is 29.0 Å². The van der Waals surface area contributed by atoms with Crippen LogP contribution in [0.4, 0.5) is 5.69 Å². The first kappa shape index (κ1) is 21.0. The normalized spacial score (nSPS) is 16.2. The van der Waals surface area contributed by atoms with E-state index in [-0.39, 0.29) is 29.9 Å². The van der Waals surface area contributed by atoms with Gasteiger partial charge in [0.1, 0.15) is 0 Å². The molecule has 5 nitrogen and oxygen atoms in total. The Labute approximate surface area is 179 Å². The number of thioether (sulfide) groups is 1. The molecule has 0 radical (unpaired) electrons. The van der Waals surface area contributed by atoms with Crippen molar-refractivity contribution in [3.63, 3.8) is 0 Å². The number of halogens is 1. The number of hydrogen-bond donors (Lipinski definition) is 2. The Bertz CT molecular complexity index is 1030. The van der Waals surface area contributed by atoms with Crippen molar-refractivity contribution in [1.29, 1.82) is 5.26 Å². The third-order valence-corrected chi connectivity index (χ3v) is 5.90. The van der Waals surface area contributed by atoms with E-state index in [4.69, 9.17) is 11.6 Å². The molecule has 0 saturated carbocycles. The number of rotatable bonds is 5. The van der Waals surface area contributed by atoms with Crippen LogP contribution in [-0.4, -0.2) is 17.6 Å². The smallest absolute Gasteiger partial charge is 0.234 e. The maximum absolute atomic E-state index is 12.4. The maximum atomic E-state index is 12.4. The minimum Gasteiger partial charge on any atom is -0.325 e. The van der Waals surface area contributed by atoms with Gasteiger partial charge in [-0.15, -0.1) is 0 Å². The fraction of sp³-hybridized carbons (Fsp3) is 0.227. The van der Waals surface area contributed by atoms with Crippen molar-refractivity contribution in [2.75, 3.05) is 11.1 Å². The number of nitrogens with one attached hydrogen (secondary N) is 2. The Balaban J connectivity index is 1.75. The Kier molecular flexibility index (Phi) is 6.63. The summed E-state index contributed by atoms with van der Waals surface area (Å²) in [6.07, 6.45) is 0.184. The highest BCUT2D eigenvalue weighted by molar-refractivity contribution is 8.03. The first-order valence-electron chi connectivity index (χ1n) is 9.07. The first-order valence-corrected chi connectivity index (χ1v) is 10.4. The predicted molar refractivity (Wildman–Crippen MR) is 117 cm³/mol. The molecular formula is C22H20ClN3O2S. The summed E-state index contributed by atoms with van der Waals surface area (Å²) >= 11 is 7.10. The lowest BCUT2D eigenvalue weighted by atomic mass is 9.87. The van der Waals surface area contributed by atoms with Crippen LogP contribution in [0.2, 0.25) is 5.02 Å². The fourth-order valence-corrected chi connectivity index (χ4v) is 4.19. The molecular weight excluding hydrogens is 406 g/mol. The van der Waals surface area contributed by atoms with Gasteiger partial charge in [0.25, 0.3) is 0 Å². The van der Waals surface area contributed by atoms with Crippen LogP contribution in [-0.2, 0) is 9.59 Å². The van der Waals surface area contributed by atoms with Crippen molar-refractivity contribution in [1.82, 2.24) is 5.32 Å². The number of amides is 2. The van der Waals surface area contributed by atoms with E-state index in [9.17, 15) is 14.9 Å². The molecule has 2 aromatic carbocycles. The highest BCUT2D eigenvalue weighted by atomic mass is 35.5. The van der Waals surface area contributed by atoms with Gasteiger partial charge in [-0.05, 0) is 43.2 Å². The first-order chi connectivity index (χ1) is 13.9. The Morgan fingerprint density at radius 2 is 2.00 bits per heavy atom. The van der Waals surface area contributed by atoms with Gasteiger partial charge in [0, 0.05) is 23.0 Å². The number of benzene rings is 2. The molecule has 0 fully saturated rings. The van der Waals surface area contributed by atoms with Crippen LogP contribution >= 0.6 is 23.4 Å². The molecule has 1 aliphatic heterocycles. The summed E-state index contributed by atoms with van der Waals surface area (Å²) in [6.45, 7) is 3.93. The van der Waals surface area contributed by atoms with Crippen molar-refractivity contribution < 1.29 is 9.59 Å². The topological polar surface area (TPSA) is 82.0 Å². The molecule has 1 aliphatic rings. The zero-order valence-electron chi connectivity index (χ0n) is 16.1. The largest absolute Gasteiger partial charge is 0.325 e. The van der Waals surface area contributed by atoms with Crippen LogP contribution in [0, 0.1) is 25.2 Å². The van der Waals surface area contributed by atoms with E-state index in [1.165, 1.54) is 0 Å². The standard InChI is InChI=1S/C22H20ClN3O2S/c1-13-3-8-19(14(2)9-13)25-21(28)12-29-22-18(11-24)17(10-20(27)26-22)15-4-6-16(23)7-5-15/h3-9,17H,10,12H2,1-2H3,(H,25,28)(H,26,27)/t17-/m0/s1. The highest BCUT2D eigenvalue weighted by Crippen LogP contribution is 2.36. The molecule has 2 N–H and O–H groups in total. The summed E-state index contributed by atoms with van der Waals surface area (Å²) < 4.78 is 0. The van der Waals surface area contributed by atoms with Gasteiger partial charge in [0.15, 0.2) is 0 Å². The number of hydrogen-bond acceptors (Lipinski definition) is 4. The predicted octanol–water partition coefficient (Wildman–Crippen LogP) is 4.67. The van der Waals surface area contributed by atoms with Crippen LogP contribution in [0.25, 0.3) is 0 Å². The molecule has 2 amide bonds. The summed E-state index contributed by atoms with van der Waals surface area (Å²) in [5.74, 6) is -0.645. The van der Waals surface area contributed by atoms with E-state index in [0.717, 1.165) is 34.1 Å². The van der Waals surface area contributed by atoms with Gasteiger partial charge in [-0.1, -0.05) is 53.2 Å². The highest BCUT2D eigenvalue weighted by Gasteiger charge is 2.29. The molecule has 3 rings (SSSR count). The van der Waals surface area contributed by atoms with E-state index in [1.807, 2.05) is 44.2 Å². The Morgan fingerprint density at radius 3 is 2.66 bits per heavy atom. The second kappa shape index (κ2) is 9.17. The van der Waals surface area contributed by atoms with Crippen molar-refractivity contribution in [2.45, 2.75) is 26.2 Å². The Hall–Kier alpha value is -2.75. The molecule has 0 bridgehead atoms. The zero-order chi connectivity index (χ0) is 21.0. The van der Waals surface area contributed by atoms with Crippen LogP contribution in [0.15, 0.2) is 53.1 Å². The number of anilines is 1. The molecule has 0 unspecified atom stereocenters. The van der Waals surface area contributed by atoms with Crippen molar-refractivity contribution in [3.05, 3.63) is 74.8 Å². The lowest BCUT2D eigenvalue weighted by Gasteiger charge is -2.25. The molecule has 148 valence electrons. The molecule has 0 aliphatic carbocycles. The molecule has 1 atom stereocenters. The third-order valence-electron chi connectivity index (χ3n) is 4.63. The Morgan fingerprint density at radius 1 is 1.28 bits per heavy atom. The summed E-state index contributed by atoms with van der Waals surface area (Å²) in [5, 5.41) is 16.3. The summed E-state index contributed by atoms with van der Waals surface area (Å²) in [6, 6.07) is 15.1. The van der Waals surface area contributed by atoms with Gasteiger partial charge >= 0.3 is 0 Å². The SMILES string of the molecule is Cc1ccc(NC(=O)CSC2=C(C#N)[C@H](c3ccc(Cl)cc3)CC(=O)N2)c(C)c1. The van der Waals surface area contributed by atoms with E-state index >= 15 is 0 Å². The van der Waals surface area contributed by atoms with Crippen LogP contribution < -0.4 is 10.6 Å². The van der Waals surface area contributed by atoms with Crippen molar-refractivity contribution in [3.8, 4) is 6.07 Å². The van der Waals surface area contributed by atoms with E-state index in [0.29, 0.717) is 15.6 Å². The van der Waals surface area contributed by atoms with Crippen LogP contribution in [0.5, 0.6) is 0 Å². The van der Waals surface area contributed by atoms with Gasteiger partial charge in [0.2, 0.25) is 11.8 Å². The lowest BCUT2D eigenvalue weighted by molar-refractivity contribution is -0.121. The minimum absolute atomic E-state index is 0.0848. The maximum Gasteiger partial charge on any atom is 0.234 e. The number of nitriles is 1. The van der Waals surface area contributed by atoms with E-state index < -0.39 is 0 Å². The molecule has 1 heterocycles. The lowest BCUT2D eigenvalue weighted by Crippen LogP contribution is -2.31. The van der Waals surface area contributed by atoms with E-state index in [1.54, 1.807) is 12.1 Å². The number of nitrogens with zero attached hydrogens (tertiary/aromatic N) is 1. The molecule has 29 heavy (non-hydrogen) atoms. The van der Waals surface area contributed by atoms with Crippen molar-refractivity contribution in [2.24, 2.45) is 0 Å². The second-order valence-corrected chi connectivity index (χ2v) is 8.29. The van der Waals surface area contributed by atoms with Gasteiger partial charge in [-0.3, -0.25) is 9.59 Å². The second-order valence-electron chi connectivity index (χ2n) is 6.87. The zero-order valence-corrected chi connectivity index (χ0v) is 17.7. The number of carbonyl (C=O) groups is 2. The molecule has 7 heteroatoms. The summed E-state index contributed by atoms with van der Waals surface area (Å²) in [7, 11) is 0. The van der Waals surface area contributed by atoms with Gasteiger partial charge < -0.3 is 10.6 Å². The number of carbonyl (C=O) groups excluding carboxylic acids is 2. The number of aryl methyl sites for hydroxylation is 2. The summed E-state index contributed by atoms with van der Waals surface area (Å²) in [5.41, 5.74) is 4.16. The quantitative estimate of drug-likeness (QED) is 0.729. The molecule has 0 aromatic heterocycles. The van der Waals surface area contributed by atoms with E-state index in [2.05, 4.69) is 16.7 Å².